The molecule has 0 saturated carbocycles. The number of aliphatic hydroxyl groups is 1. The van der Waals surface area contributed by atoms with E-state index in [-0.39, 0.29) is 5.75 Å². The molecule has 2 heterocycles. The van der Waals surface area contributed by atoms with Crippen molar-refractivity contribution in [1.29, 1.82) is 0 Å². The molecule has 35 heavy (non-hydrogen) atoms. The number of para-hydroxylation sites is 1. The maximum Gasteiger partial charge on any atom is 0.222 e. The molecule has 182 valence electrons. The van der Waals surface area contributed by atoms with E-state index in [0.717, 1.165) is 29.0 Å². The van der Waals surface area contributed by atoms with Crippen LogP contribution in [0.3, 0.4) is 0 Å². The average Bonchev–Trinajstić information content (AvgIpc) is 3.48. The Balaban J connectivity index is 1.72. The molecule has 2 aromatic heterocycles. The van der Waals surface area contributed by atoms with Crippen molar-refractivity contribution in [2.45, 2.75) is 32.0 Å². The van der Waals surface area contributed by atoms with E-state index in [9.17, 15) is 9.50 Å². The van der Waals surface area contributed by atoms with Gasteiger partial charge in [0, 0.05) is 25.7 Å². The Morgan fingerprint density at radius 1 is 1.11 bits per heavy atom. The Kier molecular flexibility index (Phi) is 8.13. The SMILES string of the molecule is C=CCC[C@H](O)CN(Cc1ccco1)Cc1c(-c2ccccc2)nn(C)c1Oc1ccccc1F. The van der Waals surface area contributed by atoms with Gasteiger partial charge in [-0.2, -0.15) is 5.10 Å². The Labute approximate surface area is 204 Å². The second-order valence-electron chi connectivity index (χ2n) is 8.42. The molecule has 0 unspecified atom stereocenters. The molecule has 0 saturated heterocycles. The summed E-state index contributed by atoms with van der Waals surface area (Å²) in [6.45, 7) is 5.06. The zero-order chi connectivity index (χ0) is 24.6. The fourth-order valence-corrected chi connectivity index (χ4v) is 4.01. The molecular formula is C28H30FN3O3. The number of halogens is 1. The summed E-state index contributed by atoms with van der Waals surface area (Å²) in [5, 5.41) is 15.4. The molecule has 0 amide bonds. The van der Waals surface area contributed by atoms with Crippen LogP contribution in [0.2, 0.25) is 0 Å². The summed E-state index contributed by atoms with van der Waals surface area (Å²) in [5.41, 5.74) is 2.46. The van der Waals surface area contributed by atoms with Crippen molar-refractivity contribution >= 4 is 0 Å². The van der Waals surface area contributed by atoms with Gasteiger partial charge in [-0.05, 0) is 37.1 Å². The van der Waals surface area contributed by atoms with Crippen molar-refractivity contribution in [3.05, 3.63) is 103 Å². The Bertz CT molecular complexity index is 1220. The molecule has 0 fully saturated rings. The lowest BCUT2D eigenvalue weighted by Crippen LogP contribution is -2.31. The molecule has 0 aliphatic rings. The first-order valence-electron chi connectivity index (χ1n) is 11.6. The smallest absolute Gasteiger partial charge is 0.222 e. The molecule has 0 radical (unpaired) electrons. The summed E-state index contributed by atoms with van der Waals surface area (Å²) in [7, 11) is 1.78. The van der Waals surface area contributed by atoms with Gasteiger partial charge in [0.1, 0.15) is 11.5 Å². The van der Waals surface area contributed by atoms with E-state index < -0.39 is 11.9 Å². The fourth-order valence-electron chi connectivity index (χ4n) is 4.01. The standard InChI is InChI=1S/C28H30FN3O3/c1-3-4-13-22(33)18-32(19-23-14-10-17-34-23)20-24-27(21-11-6-5-7-12-21)30-31(2)28(24)35-26-16-9-8-15-25(26)29/h3,5-12,14-17,22,33H,1,4,13,18-20H2,2H3/t22-/m0/s1. The molecule has 4 aromatic rings. The van der Waals surface area contributed by atoms with Gasteiger partial charge in [0.15, 0.2) is 11.6 Å². The summed E-state index contributed by atoms with van der Waals surface area (Å²) in [5.74, 6) is 0.898. The monoisotopic (exact) mass is 475 g/mol. The molecule has 1 atom stereocenters. The van der Waals surface area contributed by atoms with Crippen LogP contribution in [0, 0.1) is 5.82 Å². The third-order valence-corrected chi connectivity index (χ3v) is 5.69. The highest BCUT2D eigenvalue weighted by Crippen LogP contribution is 2.35. The van der Waals surface area contributed by atoms with Gasteiger partial charge in [0.05, 0.1) is 24.5 Å². The average molecular weight is 476 g/mol. The van der Waals surface area contributed by atoms with Crippen molar-refractivity contribution in [3.63, 3.8) is 0 Å². The zero-order valence-electron chi connectivity index (χ0n) is 19.8. The van der Waals surface area contributed by atoms with Crippen LogP contribution in [0.4, 0.5) is 4.39 Å². The number of benzene rings is 2. The number of rotatable bonds is 12. The number of ether oxygens (including phenoxy) is 1. The molecule has 0 aliphatic carbocycles. The molecule has 0 bridgehead atoms. The van der Waals surface area contributed by atoms with E-state index in [1.807, 2.05) is 42.5 Å². The van der Waals surface area contributed by atoms with Gasteiger partial charge in [-0.25, -0.2) is 9.07 Å². The van der Waals surface area contributed by atoms with E-state index in [4.69, 9.17) is 14.3 Å². The summed E-state index contributed by atoms with van der Waals surface area (Å²) in [6.07, 6.45) is 4.22. The third kappa shape index (κ3) is 6.26. The van der Waals surface area contributed by atoms with Gasteiger partial charge in [-0.1, -0.05) is 48.5 Å². The molecule has 7 heteroatoms. The predicted molar refractivity (Wildman–Crippen MR) is 133 cm³/mol. The van der Waals surface area contributed by atoms with Gasteiger partial charge >= 0.3 is 0 Å². The Hall–Kier alpha value is -3.68. The highest BCUT2D eigenvalue weighted by atomic mass is 19.1. The Morgan fingerprint density at radius 2 is 1.89 bits per heavy atom. The lowest BCUT2D eigenvalue weighted by Gasteiger charge is -2.24. The van der Waals surface area contributed by atoms with Crippen molar-refractivity contribution in [2.24, 2.45) is 7.05 Å². The maximum atomic E-state index is 14.5. The number of furan rings is 1. The minimum atomic E-state index is -0.546. The number of aliphatic hydroxyl groups excluding tert-OH is 1. The summed E-state index contributed by atoms with van der Waals surface area (Å²) in [4.78, 5) is 2.09. The van der Waals surface area contributed by atoms with Crippen LogP contribution in [-0.2, 0) is 20.1 Å². The first-order chi connectivity index (χ1) is 17.0. The Morgan fingerprint density at radius 3 is 2.60 bits per heavy atom. The van der Waals surface area contributed by atoms with Crippen LogP contribution in [0.1, 0.15) is 24.2 Å². The molecular weight excluding hydrogens is 445 g/mol. The minimum absolute atomic E-state index is 0.125. The topological polar surface area (TPSA) is 63.7 Å². The highest BCUT2D eigenvalue weighted by Gasteiger charge is 2.24. The minimum Gasteiger partial charge on any atom is -0.468 e. The van der Waals surface area contributed by atoms with Crippen LogP contribution in [0.15, 0.2) is 90.1 Å². The number of aryl methyl sites for hydroxylation is 1. The van der Waals surface area contributed by atoms with Crippen LogP contribution in [0.5, 0.6) is 11.6 Å². The lowest BCUT2D eigenvalue weighted by atomic mass is 10.1. The van der Waals surface area contributed by atoms with Gasteiger partial charge in [0.25, 0.3) is 0 Å². The first-order valence-corrected chi connectivity index (χ1v) is 11.6. The van der Waals surface area contributed by atoms with Crippen molar-refractivity contribution in [3.8, 4) is 22.9 Å². The molecule has 0 spiro atoms. The summed E-state index contributed by atoms with van der Waals surface area (Å²) >= 11 is 0. The van der Waals surface area contributed by atoms with Crippen LogP contribution < -0.4 is 4.74 Å². The molecule has 6 nitrogen and oxygen atoms in total. The normalized spacial score (nSPS) is 12.1. The van der Waals surface area contributed by atoms with Crippen molar-refractivity contribution in [2.75, 3.05) is 6.54 Å². The van der Waals surface area contributed by atoms with E-state index in [2.05, 4.69) is 11.5 Å². The van der Waals surface area contributed by atoms with Crippen LogP contribution in [-0.4, -0.2) is 32.4 Å². The van der Waals surface area contributed by atoms with Crippen LogP contribution >= 0.6 is 0 Å². The molecule has 1 N–H and O–H groups in total. The second-order valence-corrected chi connectivity index (χ2v) is 8.42. The third-order valence-electron chi connectivity index (χ3n) is 5.69. The van der Waals surface area contributed by atoms with E-state index >= 15 is 0 Å². The molecule has 0 aliphatic heterocycles. The number of hydrogen-bond acceptors (Lipinski definition) is 5. The number of allylic oxidation sites excluding steroid dienone is 1. The van der Waals surface area contributed by atoms with Crippen molar-refractivity contribution in [1.82, 2.24) is 14.7 Å². The van der Waals surface area contributed by atoms with Gasteiger partial charge in [-0.15, -0.1) is 6.58 Å². The van der Waals surface area contributed by atoms with E-state index in [1.165, 1.54) is 6.07 Å². The van der Waals surface area contributed by atoms with Crippen LogP contribution in [0.25, 0.3) is 11.3 Å². The predicted octanol–water partition coefficient (Wildman–Crippen LogP) is 5.94. The fraction of sp³-hybridized carbons (Fsp3) is 0.250. The summed E-state index contributed by atoms with van der Waals surface area (Å²) < 4.78 is 27.7. The maximum absolute atomic E-state index is 14.5. The summed E-state index contributed by atoms with van der Waals surface area (Å²) in [6, 6.07) is 19.9. The number of hydrogen-bond donors (Lipinski definition) is 1. The largest absolute Gasteiger partial charge is 0.468 e. The number of nitrogens with zero attached hydrogens (tertiary/aromatic N) is 3. The number of aromatic nitrogens is 2. The zero-order valence-corrected chi connectivity index (χ0v) is 19.8. The highest BCUT2D eigenvalue weighted by molar-refractivity contribution is 5.65. The quantitative estimate of drug-likeness (QED) is 0.257. The molecule has 4 rings (SSSR count). The molecule has 2 aromatic carbocycles. The second kappa shape index (κ2) is 11.6. The van der Waals surface area contributed by atoms with E-state index in [1.54, 1.807) is 42.3 Å². The first kappa shape index (κ1) is 24.4. The lowest BCUT2D eigenvalue weighted by molar-refractivity contribution is 0.0941. The van der Waals surface area contributed by atoms with Gasteiger partial charge < -0.3 is 14.3 Å². The van der Waals surface area contributed by atoms with Gasteiger partial charge in [0.2, 0.25) is 5.88 Å². The van der Waals surface area contributed by atoms with Gasteiger partial charge in [-0.3, -0.25) is 4.90 Å². The van der Waals surface area contributed by atoms with Crippen molar-refractivity contribution < 1.29 is 18.7 Å². The van der Waals surface area contributed by atoms with E-state index in [0.29, 0.717) is 31.9 Å².